The van der Waals surface area contributed by atoms with Crippen molar-refractivity contribution < 1.29 is 13.2 Å². The second-order valence-electron chi connectivity index (χ2n) is 6.11. The van der Waals surface area contributed by atoms with Crippen molar-refractivity contribution in [1.82, 2.24) is 10.2 Å². The van der Waals surface area contributed by atoms with Crippen molar-refractivity contribution in [2.45, 2.75) is 50.2 Å². The fourth-order valence-electron chi connectivity index (χ4n) is 3.11. The maximum Gasteiger partial charge on any atom is 0.240 e. The zero-order valence-corrected chi connectivity index (χ0v) is 11.5. The molecule has 2 unspecified atom stereocenters. The van der Waals surface area contributed by atoms with Crippen LogP contribution >= 0.6 is 0 Å². The second-order valence-corrected chi connectivity index (χ2v) is 8.30. The minimum Gasteiger partial charge on any atom is -0.335 e. The Morgan fingerprint density at radius 2 is 2.06 bits per heavy atom. The Balaban J connectivity index is 1.71. The summed E-state index contributed by atoms with van der Waals surface area (Å²) in [5, 5.41) is 3.35. The zero-order valence-electron chi connectivity index (χ0n) is 10.7. The number of amides is 1. The molecule has 3 aliphatic rings. The average molecular weight is 272 g/mol. The third kappa shape index (κ3) is 2.16. The van der Waals surface area contributed by atoms with Crippen molar-refractivity contribution >= 4 is 15.7 Å². The van der Waals surface area contributed by atoms with E-state index in [4.69, 9.17) is 0 Å². The molecule has 3 rings (SSSR count). The summed E-state index contributed by atoms with van der Waals surface area (Å²) in [4.78, 5) is 14.1. The van der Waals surface area contributed by atoms with Gasteiger partial charge < -0.3 is 10.2 Å². The molecule has 102 valence electrons. The predicted octanol–water partition coefficient (Wildman–Crippen LogP) is -0.0835. The molecule has 1 aliphatic carbocycles. The van der Waals surface area contributed by atoms with Gasteiger partial charge in [0.05, 0.1) is 23.1 Å². The van der Waals surface area contributed by atoms with Crippen molar-refractivity contribution in [3.05, 3.63) is 0 Å². The highest BCUT2D eigenvalue weighted by molar-refractivity contribution is 7.91. The Labute approximate surface area is 108 Å². The lowest BCUT2D eigenvalue weighted by Gasteiger charge is -2.34. The highest BCUT2D eigenvalue weighted by Gasteiger charge is 2.49. The molecule has 1 amide bonds. The van der Waals surface area contributed by atoms with Crippen molar-refractivity contribution in [2.75, 3.05) is 18.1 Å². The largest absolute Gasteiger partial charge is 0.335 e. The molecule has 0 spiro atoms. The van der Waals surface area contributed by atoms with Crippen molar-refractivity contribution in [3.63, 3.8) is 0 Å². The van der Waals surface area contributed by atoms with Gasteiger partial charge >= 0.3 is 0 Å². The Kier molecular flexibility index (Phi) is 2.71. The Hall–Kier alpha value is -0.620. The van der Waals surface area contributed by atoms with Gasteiger partial charge in [-0.05, 0) is 32.6 Å². The first-order valence-corrected chi connectivity index (χ1v) is 8.50. The molecule has 0 aromatic heterocycles. The number of likely N-dealkylation sites (tertiary alicyclic amines) is 1. The number of sulfone groups is 1. The van der Waals surface area contributed by atoms with Gasteiger partial charge in [0.25, 0.3) is 0 Å². The van der Waals surface area contributed by atoms with Gasteiger partial charge in [-0.2, -0.15) is 0 Å². The van der Waals surface area contributed by atoms with E-state index in [0.29, 0.717) is 19.0 Å². The van der Waals surface area contributed by atoms with Gasteiger partial charge in [-0.15, -0.1) is 0 Å². The summed E-state index contributed by atoms with van der Waals surface area (Å²) >= 11 is 0. The van der Waals surface area contributed by atoms with Crippen LogP contribution in [0.1, 0.15) is 32.6 Å². The molecular weight excluding hydrogens is 252 g/mol. The zero-order chi connectivity index (χ0) is 13.0. The van der Waals surface area contributed by atoms with Crippen LogP contribution in [0.2, 0.25) is 0 Å². The topological polar surface area (TPSA) is 66.5 Å². The minimum absolute atomic E-state index is 0.0855. The second kappa shape index (κ2) is 3.93. The van der Waals surface area contributed by atoms with Gasteiger partial charge in [0.1, 0.15) is 0 Å². The molecule has 5 nitrogen and oxygen atoms in total. The van der Waals surface area contributed by atoms with Gasteiger partial charge in [0.2, 0.25) is 5.91 Å². The fraction of sp³-hybridized carbons (Fsp3) is 0.917. The van der Waals surface area contributed by atoms with Crippen LogP contribution in [0.4, 0.5) is 0 Å². The van der Waals surface area contributed by atoms with E-state index >= 15 is 0 Å². The molecule has 0 aromatic carbocycles. The lowest BCUT2D eigenvalue weighted by Crippen LogP contribution is -2.51. The average Bonchev–Trinajstić information content (AvgIpc) is 2.94. The lowest BCUT2D eigenvalue weighted by atomic mass is 10.00. The maximum absolute atomic E-state index is 12.3. The van der Waals surface area contributed by atoms with E-state index in [1.807, 2.05) is 6.92 Å². The molecule has 2 heterocycles. The van der Waals surface area contributed by atoms with Crippen LogP contribution in [0.3, 0.4) is 0 Å². The molecule has 2 atom stereocenters. The van der Waals surface area contributed by atoms with Gasteiger partial charge in [0, 0.05) is 12.6 Å². The van der Waals surface area contributed by atoms with Crippen molar-refractivity contribution in [2.24, 2.45) is 0 Å². The molecule has 2 aliphatic heterocycles. The molecule has 6 heteroatoms. The molecule has 1 saturated carbocycles. The molecule has 1 N–H and O–H groups in total. The van der Waals surface area contributed by atoms with Crippen LogP contribution in [-0.2, 0) is 14.6 Å². The summed E-state index contributed by atoms with van der Waals surface area (Å²) < 4.78 is 23.3. The first-order valence-electron chi connectivity index (χ1n) is 6.68. The minimum atomic E-state index is -2.96. The highest BCUT2D eigenvalue weighted by Crippen LogP contribution is 2.33. The number of nitrogens with one attached hydrogen (secondary N) is 1. The Bertz CT molecular complexity index is 472. The van der Waals surface area contributed by atoms with E-state index in [-0.39, 0.29) is 23.5 Å². The molecule has 0 aromatic rings. The quantitative estimate of drug-likeness (QED) is 0.780. The van der Waals surface area contributed by atoms with E-state index < -0.39 is 15.4 Å². The van der Waals surface area contributed by atoms with Crippen LogP contribution in [0.25, 0.3) is 0 Å². The smallest absolute Gasteiger partial charge is 0.240 e. The number of nitrogens with zero attached hydrogens (tertiary/aromatic N) is 1. The van der Waals surface area contributed by atoms with Gasteiger partial charge in [0.15, 0.2) is 9.84 Å². The van der Waals surface area contributed by atoms with E-state index in [9.17, 15) is 13.2 Å². The van der Waals surface area contributed by atoms with Crippen LogP contribution in [-0.4, -0.2) is 54.9 Å². The normalized spacial score (nSPS) is 39.5. The van der Waals surface area contributed by atoms with Crippen LogP contribution < -0.4 is 5.32 Å². The summed E-state index contributed by atoms with van der Waals surface area (Å²) in [5.74, 6) is 0.442. The van der Waals surface area contributed by atoms with Crippen molar-refractivity contribution in [3.8, 4) is 0 Å². The predicted molar refractivity (Wildman–Crippen MR) is 68.0 cm³/mol. The molecule has 0 bridgehead atoms. The van der Waals surface area contributed by atoms with Crippen molar-refractivity contribution in [1.29, 1.82) is 0 Å². The number of hydrogen-bond donors (Lipinski definition) is 1. The molecule has 3 fully saturated rings. The number of hydrogen-bond acceptors (Lipinski definition) is 4. The number of carbonyl (C=O) groups excluding carboxylic acids is 1. The summed E-state index contributed by atoms with van der Waals surface area (Å²) in [6.45, 7) is 2.60. The maximum atomic E-state index is 12.3. The SMILES string of the molecule is CC1(N2CCC(NC3CC3)C2=O)CCS(=O)(=O)C1. The monoisotopic (exact) mass is 272 g/mol. The summed E-state index contributed by atoms with van der Waals surface area (Å²) in [5.41, 5.74) is -0.476. The standard InChI is InChI=1S/C12H20N2O3S/c1-12(5-7-18(16,17)8-12)14-6-4-10(11(14)15)13-9-2-3-9/h9-10,13H,2-8H2,1H3. The van der Waals surface area contributed by atoms with E-state index in [2.05, 4.69) is 5.32 Å². The third-order valence-electron chi connectivity index (χ3n) is 4.35. The number of carbonyl (C=O) groups is 1. The lowest BCUT2D eigenvalue weighted by molar-refractivity contribution is -0.133. The van der Waals surface area contributed by atoms with Crippen LogP contribution in [0, 0.1) is 0 Å². The van der Waals surface area contributed by atoms with Crippen LogP contribution in [0.15, 0.2) is 0 Å². The summed E-state index contributed by atoms with van der Waals surface area (Å²) in [7, 11) is -2.96. The number of rotatable bonds is 3. The molecule has 18 heavy (non-hydrogen) atoms. The van der Waals surface area contributed by atoms with Crippen LogP contribution in [0.5, 0.6) is 0 Å². The molecule has 0 radical (unpaired) electrons. The van der Waals surface area contributed by atoms with Gasteiger partial charge in [-0.1, -0.05) is 0 Å². The summed E-state index contributed by atoms with van der Waals surface area (Å²) in [6.07, 6.45) is 3.72. The first-order chi connectivity index (χ1) is 8.40. The van der Waals surface area contributed by atoms with E-state index in [0.717, 1.165) is 19.3 Å². The van der Waals surface area contributed by atoms with E-state index in [1.165, 1.54) is 0 Å². The Morgan fingerprint density at radius 3 is 2.61 bits per heavy atom. The van der Waals surface area contributed by atoms with Gasteiger partial charge in [-0.25, -0.2) is 8.42 Å². The molecular formula is C12H20N2O3S. The fourth-order valence-corrected chi connectivity index (χ4v) is 5.25. The molecule has 2 saturated heterocycles. The van der Waals surface area contributed by atoms with Gasteiger partial charge in [-0.3, -0.25) is 4.79 Å². The highest BCUT2D eigenvalue weighted by atomic mass is 32.2. The Morgan fingerprint density at radius 1 is 1.33 bits per heavy atom. The first kappa shape index (κ1) is 12.4. The van der Waals surface area contributed by atoms with E-state index in [1.54, 1.807) is 4.90 Å². The summed E-state index contributed by atoms with van der Waals surface area (Å²) in [6, 6.07) is 0.427. The third-order valence-corrected chi connectivity index (χ3v) is 6.24.